The number of hydrogen-bond acceptors (Lipinski definition) is 4. The first-order valence-electron chi connectivity index (χ1n) is 5.63. The van der Waals surface area contributed by atoms with Crippen molar-refractivity contribution in [1.29, 1.82) is 0 Å². The lowest BCUT2D eigenvalue weighted by Gasteiger charge is -2.14. The Morgan fingerprint density at radius 2 is 1.83 bits per heavy atom. The minimum Gasteiger partial charge on any atom is -0.492 e. The van der Waals surface area contributed by atoms with Crippen molar-refractivity contribution in [3.63, 3.8) is 0 Å². The highest BCUT2D eigenvalue weighted by molar-refractivity contribution is 7.89. The van der Waals surface area contributed by atoms with Gasteiger partial charge in [-0.05, 0) is 51.2 Å². The maximum absolute atomic E-state index is 11.4. The van der Waals surface area contributed by atoms with Crippen LogP contribution in [0.2, 0.25) is 0 Å². The Morgan fingerprint density at radius 3 is 2.33 bits per heavy atom. The molecule has 18 heavy (non-hydrogen) atoms. The van der Waals surface area contributed by atoms with Crippen molar-refractivity contribution >= 4 is 10.0 Å². The van der Waals surface area contributed by atoms with E-state index in [0.29, 0.717) is 17.9 Å². The predicted molar refractivity (Wildman–Crippen MR) is 71.3 cm³/mol. The van der Waals surface area contributed by atoms with E-state index in [1.54, 1.807) is 26.0 Å². The van der Waals surface area contributed by atoms with Gasteiger partial charge in [0, 0.05) is 6.54 Å². The average Bonchev–Trinajstić information content (AvgIpc) is 2.20. The van der Waals surface area contributed by atoms with Crippen LogP contribution in [0, 0.1) is 13.8 Å². The molecular weight excluding hydrogens is 252 g/mol. The zero-order valence-electron chi connectivity index (χ0n) is 11.2. The van der Waals surface area contributed by atoms with Crippen molar-refractivity contribution in [2.75, 3.05) is 27.2 Å². The van der Waals surface area contributed by atoms with Crippen LogP contribution < -0.4 is 9.88 Å². The first-order chi connectivity index (χ1) is 8.21. The first-order valence-corrected chi connectivity index (χ1v) is 7.18. The molecule has 0 saturated carbocycles. The molecule has 0 atom stereocenters. The third kappa shape index (κ3) is 3.97. The summed E-state index contributed by atoms with van der Waals surface area (Å²) in [5.74, 6) is 0.696. The van der Waals surface area contributed by atoms with Gasteiger partial charge in [-0.15, -0.1) is 0 Å². The van der Waals surface area contributed by atoms with E-state index in [4.69, 9.17) is 9.88 Å². The Bertz CT molecular complexity index is 524. The van der Waals surface area contributed by atoms with E-state index in [1.807, 2.05) is 19.0 Å². The van der Waals surface area contributed by atoms with Gasteiger partial charge in [-0.2, -0.15) is 0 Å². The molecule has 1 aromatic rings. The number of ether oxygens (including phenoxy) is 1. The number of nitrogens with zero attached hydrogens (tertiary/aromatic N) is 1. The lowest BCUT2D eigenvalue weighted by molar-refractivity contribution is 0.260. The molecule has 0 fully saturated rings. The predicted octanol–water partition coefficient (Wildman–Crippen LogP) is 0.891. The molecule has 0 bridgehead atoms. The summed E-state index contributed by atoms with van der Waals surface area (Å²) in [5, 5.41) is 5.14. The molecular formula is C12H20N2O3S. The molecule has 0 aliphatic rings. The number of sulfonamides is 1. The van der Waals surface area contributed by atoms with E-state index in [-0.39, 0.29) is 4.90 Å². The van der Waals surface area contributed by atoms with Gasteiger partial charge in [0.05, 0.1) is 4.90 Å². The molecule has 1 rings (SSSR count). The van der Waals surface area contributed by atoms with Crippen molar-refractivity contribution in [2.24, 2.45) is 5.14 Å². The minimum absolute atomic E-state index is 0.153. The lowest BCUT2D eigenvalue weighted by Crippen LogP contribution is -2.20. The minimum atomic E-state index is -3.67. The summed E-state index contributed by atoms with van der Waals surface area (Å²) in [5.41, 5.74) is 1.37. The second-order valence-corrected chi connectivity index (χ2v) is 6.11. The Morgan fingerprint density at radius 1 is 1.22 bits per heavy atom. The molecule has 0 heterocycles. The van der Waals surface area contributed by atoms with E-state index in [1.165, 1.54) is 0 Å². The van der Waals surface area contributed by atoms with Gasteiger partial charge in [0.2, 0.25) is 10.0 Å². The molecule has 0 aromatic heterocycles. The SMILES string of the molecule is Cc1cc(S(N)(=O)=O)c(C)cc1OCCN(C)C. The largest absolute Gasteiger partial charge is 0.492 e. The summed E-state index contributed by atoms with van der Waals surface area (Å²) >= 11 is 0. The van der Waals surface area contributed by atoms with Crippen LogP contribution in [0.4, 0.5) is 0 Å². The monoisotopic (exact) mass is 272 g/mol. The van der Waals surface area contributed by atoms with Gasteiger partial charge >= 0.3 is 0 Å². The van der Waals surface area contributed by atoms with Crippen molar-refractivity contribution in [3.8, 4) is 5.75 Å². The normalized spacial score (nSPS) is 11.9. The van der Waals surface area contributed by atoms with Crippen LogP contribution in [-0.2, 0) is 10.0 Å². The zero-order chi connectivity index (χ0) is 13.9. The summed E-state index contributed by atoms with van der Waals surface area (Å²) in [4.78, 5) is 2.17. The second kappa shape index (κ2) is 5.69. The highest BCUT2D eigenvalue weighted by atomic mass is 32.2. The van der Waals surface area contributed by atoms with Crippen LogP contribution in [0.5, 0.6) is 5.75 Å². The van der Waals surface area contributed by atoms with Crippen LogP contribution in [0.1, 0.15) is 11.1 Å². The molecule has 2 N–H and O–H groups in total. The Kier molecular flexibility index (Phi) is 4.72. The highest BCUT2D eigenvalue weighted by Crippen LogP contribution is 2.25. The van der Waals surface area contributed by atoms with Crippen molar-refractivity contribution < 1.29 is 13.2 Å². The molecule has 0 aliphatic carbocycles. The number of aryl methyl sites for hydroxylation is 2. The highest BCUT2D eigenvalue weighted by Gasteiger charge is 2.14. The molecule has 1 aromatic carbocycles. The summed E-state index contributed by atoms with van der Waals surface area (Å²) in [6.45, 7) is 4.87. The van der Waals surface area contributed by atoms with Gasteiger partial charge in [0.1, 0.15) is 12.4 Å². The number of nitrogens with two attached hydrogens (primary N) is 1. The van der Waals surface area contributed by atoms with Crippen molar-refractivity contribution in [3.05, 3.63) is 23.3 Å². The second-order valence-electron chi connectivity index (χ2n) is 4.58. The quantitative estimate of drug-likeness (QED) is 0.864. The number of rotatable bonds is 5. The third-order valence-corrected chi connectivity index (χ3v) is 3.63. The van der Waals surface area contributed by atoms with Crippen LogP contribution in [0.3, 0.4) is 0 Å². The van der Waals surface area contributed by atoms with Crippen molar-refractivity contribution in [2.45, 2.75) is 18.7 Å². The lowest BCUT2D eigenvalue weighted by atomic mass is 10.1. The Hall–Kier alpha value is -1.11. The fraction of sp³-hybridized carbons (Fsp3) is 0.500. The summed E-state index contributed by atoms with van der Waals surface area (Å²) in [6, 6.07) is 3.26. The van der Waals surface area contributed by atoms with Crippen molar-refractivity contribution in [1.82, 2.24) is 4.90 Å². The Balaban J connectivity index is 2.94. The van der Waals surface area contributed by atoms with Gasteiger partial charge in [0.15, 0.2) is 0 Å². The van der Waals surface area contributed by atoms with E-state index >= 15 is 0 Å². The maximum atomic E-state index is 11.4. The molecule has 0 spiro atoms. The van der Waals surface area contributed by atoms with Crippen LogP contribution in [0.15, 0.2) is 17.0 Å². The number of hydrogen-bond donors (Lipinski definition) is 1. The van der Waals surface area contributed by atoms with Gasteiger partial charge in [-0.1, -0.05) is 0 Å². The van der Waals surface area contributed by atoms with Crippen LogP contribution in [0.25, 0.3) is 0 Å². The van der Waals surface area contributed by atoms with E-state index in [0.717, 1.165) is 12.1 Å². The molecule has 0 saturated heterocycles. The Labute approximate surface area is 109 Å². The fourth-order valence-electron chi connectivity index (χ4n) is 1.56. The zero-order valence-corrected chi connectivity index (χ0v) is 12.0. The number of likely N-dealkylation sites (N-methyl/N-ethyl adjacent to an activating group) is 1. The van der Waals surface area contributed by atoms with Gasteiger partial charge in [-0.3, -0.25) is 0 Å². The summed E-state index contributed by atoms with van der Waals surface area (Å²) in [6.07, 6.45) is 0. The van der Waals surface area contributed by atoms with E-state index in [9.17, 15) is 8.42 Å². The number of primary sulfonamides is 1. The van der Waals surface area contributed by atoms with Gasteiger partial charge < -0.3 is 9.64 Å². The number of benzene rings is 1. The molecule has 0 amide bonds. The molecule has 0 unspecified atom stereocenters. The van der Waals surface area contributed by atoms with E-state index < -0.39 is 10.0 Å². The van der Waals surface area contributed by atoms with Gasteiger partial charge in [0.25, 0.3) is 0 Å². The standard InChI is InChI=1S/C12H20N2O3S/c1-9-8-12(18(13,15)16)10(2)7-11(9)17-6-5-14(3)4/h7-8H,5-6H2,1-4H3,(H2,13,15,16). The molecule has 6 heteroatoms. The van der Waals surface area contributed by atoms with E-state index in [2.05, 4.69) is 0 Å². The van der Waals surface area contributed by atoms with Gasteiger partial charge in [-0.25, -0.2) is 13.6 Å². The molecule has 5 nitrogen and oxygen atoms in total. The molecule has 0 aliphatic heterocycles. The maximum Gasteiger partial charge on any atom is 0.238 e. The smallest absolute Gasteiger partial charge is 0.238 e. The topological polar surface area (TPSA) is 72.6 Å². The van der Waals surface area contributed by atoms with Crippen LogP contribution >= 0.6 is 0 Å². The fourth-order valence-corrected chi connectivity index (χ4v) is 2.41. The third-order valence-electron chi connectivity index (χ3n) is 2.58. The summed E-state index contributed by atoms with van der Waals surface area (Å²) in [7, 11) is 0.257. The summed E-state index contributed by atoms with van der Waals surface area (Å²) < 4.78 is 28.3. The molecule has 102 valence electrons. The first kappa shape index (κ1) is 14.9. The molecule has 0 radical (unpaired) electrons. The van der Waals surface area contributed by atoms with Crippen LogP contribution in [-0.4, -0.2) is 40.6 Å². The average molecular weight is 272 g/mol.